The van der Waals surface area contributed by atoms with Gasteiger partial charge >= 0.3 is 0 Å². The van der Waals surface area contributed by atoms with Gasteiger partial charge in [-0.05, 0) is 87.2 Å². The molecule has 3 N–H and O–H groups in total. The van der Waals surface area contributed by atoms with Gasteiger partial charge in [-0.3, -0.25) is 0 Å². The summed E-state index contributed by atoms with van der Waals surface area (Å²) in [4.78, 5) is 3.65. The summed E-state index contributed by atoms with van der Waals surface area (Å²) < 4.78 is 17.8. The van der Waals surface area contributed by atoms with Crippen LogP contribution in [0.5, 0.6) is 17.2 Å². The molecule has 34 heavy (non-hydrogen) atoms. The van der Waals surface area contributed by atoms with Gasteiger partial charge in [0.15, 0.2) is 11.5 Å². The van der Waals surface area contributed by atoms with Crippen molar-refractivity contribution in [3.05, 3.63) is 77.9 Å². The molecule has 0 aliphatic heterocycles. The zero-order valence-corrected chi connectivity index (χ0v) is 20.1. The van der Waals surface area contributed by atoms with Crippen LogP contribution in [-0.4, -0.2) is 24.7 Å². The van der Waals surface area contributed by atoms with E-state index in [0.29, 0.717) is 26.4 Å². The molecule has 4 rings (SSSR count). The Morgan fingerprint density at radius 1 is 0.794 bits per heavy atom. The number of hydrogen-bond donors (Lipinski definition) is 2. The number of aromatic amines is 1. The molecule has 1 heterocycles. The van der Waals surface area contributed by atoms with Gasteiger partial charge in [0.1, 0.15) is 12.4 Å². The first kappa shape index (κ1) is 23.7. The molecule has 0 radical (unpaired) electrons. The zero-order chi connectivity index (χ0) is 23.8. The number of nitrogens with one attached hydrogen (secondary N) is 1. The Morgan fingerprint density at radius 2 is 1.59 bits per heavy atom. The van der Waals surface area contributed by atoms with E-state index in [1.807, 2.05) is 44.2 Å². The minimum atomic E-state index is 0.544. The van der Waals surface area contributed by atoms with E-state index in [4.69, 9.17) is 19.9 Å². The number of hydrogen-bond acceptors (Lipinski definition) is 4. The van der Waals surface area contributed by atoms with Crippen LogP contribution in [0.4, 0.5) is 0 Å². The number of nitrogens with two attached hydrogens (primary N) is 1. The van der Waals surface area contributed by atoms with Crippen molar-refractivity contribution < 1.29 is 14.2 Å². The van der Waals surface area contributed by atoms with Crippen molar-refractivity contribution in [2.75, 3.05) is 19.8 Å². The molecule has 0 bridgehead atoms. The Kier molecular flexibility index (Phi) is 8.10. The van der Waals surface area contributed by atoms with Gasteiger partial charge < -0.3 is 24.9 Å². The molecule has 1 aromatic heterocycles. The highest BCUT2D eigenvalue weighted by atomic mass is 16.5. The quantitative estimate of drug-likeness (QED) is 0.238. The summed E-state index contributed by atoms with van der Waals surface area (Å²) >= 11 is 0. The molecule has 0 saturated carbocycles. The predicted molar refractivity (Wildman–Crippen MR) is 139 cm³/mol. The van der Waals surface area contributed by atoms with E-state index in [0.717, 1.165) is 58.8 Å². The number of aromatic nitrogens is 1. The maximum absolute atomic E-state index is 6.12. The standard InChI is InChI=1S/C29H34N2O3/c1-3-32-27-16-13-22(18-28(27)33-4-2)29-24(12-8-9-17-30)25-19-23(14-15-26(25)31-29)34-20-21-10-6-5-7-11-21/h5-7,10-11,13-16,18-19,31H,3-4,8-9,12,17,20,30H2,1-2H3. The third-order valence-electron chi connectivity index (χ3n) is 5.84. The van der Waals surface area contributed by atoms with Crippen molar-refractivity contribution in [3.63, 3.8) is 0 Å². The second kappa shape index (κ2) is 11.6. The molecule has 0 amide bonds. The summed E-state index contributed by atoms with van der Waals surface area (Å²) in [5, 5.41) is 1.18. The van der Waals surface area contributed by atoms with Crippen LogP contribution < -0.4 is 19.9 Å². The van der Waals surface area contributed by atoms with Crippen LogP contribution in [0.25, 0.3) is 22.2 Å². The molecule has 0 aliphatic carbocycles. The highest BCUT2D eigenvalue weighted by Gasteiger charge is 2.16. The second-order valence-corrected chi connectivity index (χ2v) is 8.23. The predicted octanol–water partition coefficient (Wildman–Crippen LogP) is 6.49. The topological polar surface area (TPSA) is 69.5 Å². The molecule has 0 saturated heterocycles. The second-order valence-electron chi connectivity index (χ2n) is 8.23. The molecule has 0 unspecified atom stereocenters. The summed E-state index contributed by atoms with van der Waals surface area (Å²) in [6.07, 6.45) is 2.95. The van der Waals surface area contributed by atoms with Gasteiger partial charge in [0, 0.05) is 22.2 Å². The maximum atomic E-state index is 6.12. The lowest BCUT2D eigenvalue weighted by molar-refractivity contribution is 0.288. The van der Waals surface area contributed by atoms with E-state index >= 15 is 0 Å². The summed E-state index contributed by atoms with van der Waals surface area (Å²) in [7, 11) is 0. The summed E-state index contributed by atoms with van der Waals surface area (Å²) in [6, 6.07) is 22.7. The van der Waals surface area contributed by atoms with Gasteiger partial charge in [-0.1, -0.05) is 30.3 Å². The Labute approximate surface area is 201 Å². The normalized spacial score (nSPS) is 11.0. The number of ether oxygens (including phenoxy) is 3. The van der Waals surface area contributed by atoms with Crippen LogP contribution in [0.3, 0.4) is 0 Å². The Balaban J connectivity index is 1.70. The van der Waals surface area contributed by atoms with Gasteiger partial charge in [-0.2, -0.15) is 0 Å². The van der Waals surface area contributed by atoms with E-state index in [9.17, 15) is 0 Å². The van der Waals surface area contributed by atoms with Gasteiger partial charge in [-0.15, -0.1) is 0 Å². The fraction of sp³-hybridized carbons (Fsp3) is 0.310. The minimum Gasteiger partial charge on any atom is -0.490 e. The lowest BCUT2D eigenvalue weighted by atomic mass is 10.00. The van der Waals surface area contributed by atoms with Gasteiger partial charge in [0.2, 0.25) is 0 Å². The maximum Gasteiger partial charge on any atom is 0.161 e. The van der Waals surface area contributed by atoms with Gasteiger partial charge in [-0.25, -0.2) is 0 Å². The van der Waals surface area contributed by atoms with Crippen LogP contribution in [0.2, 0.25) is 0 Å². The fourth-order valence-electron chi connectivity index (χ4n) is 4.22. The first-order valence-corrected chi connectivity index (χ1v) is 12.1. The number of H-pyrrole nitrogens is 1. The van der Waals surface area contributed by atoms with Crippen LogP contribution >= 0.6 is 0 Å². The van der Waals surface area contributed by atoms with Crippen molar-refractivity contribution >= 4 is 10.9 Å². The summed E-state index contributed by atoms with van der Waals surface area (Å²) in [5.74, 6) is 2.40. The zero-order valence-electron chi connectivity index (χ0n) is 20.1. The number of unbranched alkanes of at least 4 members (excludes halogenated alkanes) is 1. The van der Waals surface area contributed by atoms with E-state index < -0.39 is 0 Å². The third-order valence-corrected chi connectivity index (χ3v) is 5.84. The van der Waals surface area contributed by atoms with E-state index in [1.54, 1.807) is 0 Å². The third kappa shape index (κ3) is 5.54. The monoisotopic (exact) mass is 458 g/mol. The lowest BCUT2D eigenvalue weighted by Crippen LogP contribution is -2.00. The van der Waals surface area contributed by atoms with Crippen molar-refractivity contribution in [1.29, 1.82) is 0 Å². The van der Waals surface area contributed by atoms with Gasteiger partial charge in [0.05, 0.1) is 13.2 Å². The average molecular weight is 459 g/mol. The first-order chi connectivity index (χ1) is 16.7. The Bertz CT molecular complexity index is 1200. The van der Waals surface area contributed by atoms with Crippen LogP contribution in [0.1, 0.15) is 37.8 Å². The summed E-state index contributed by atoms with van der Waals surface area (Å²) in [6.45, 7) is 6.39. The van der Waals surface area contributed by atoms with Crippen molar-refractivity contribution in [1.82, 2.24) is 4.98 Å². The average Bonchev–Trinajstić information content (AvgIpc) is 3.23. The lowest BCUT2D eigenvalue weighted by Gasteiger charge is -2.13. The SMILES string of the molecule is CCOc1ccc(-c2[nH]c3ccc(OCc4ccccc4)cc3c2CCCCN)cc1OCC. The number of fused-ring (bicyclic) bond motifs is 1. The highest BCUT2D eigenvalue weighted by molar-refractivity contribution is 5.92. The van der Waals surface area contributed by atoms with Crippen LogP contribution in [0.15, 0.2) is 66.7 Å². The molecule has 3 aromatic carbocycles. The molecular formula is C29H34N2O3. The fourth-order valence-corrected chi connectivity index (χ4v) is 4.22. The van der Waals surface area contributed by atoms with Crippen molar-refractivity contribution in [3.8, 4) is 28.5 Å². The molecule has 5 nitrogen and oxygen atoms in total. The van der Waals surface area contributed by atoms with E-state index in [1.165, 1.54) is 10.9 Å². The summed E-state index contributed by atoms with van der Waals surface area (Å²) in [5.41, 5.74) is 11.5. The molecular weight excluding hydrogens is 424 g/mol. The molecule has 0 spiro atoms. The number of benzene rings is 3. The van der Waals surface area contributed by atoms with E-state index in [2.05, 4.69) is 41.4 Å². The van der Waals surface area contributed by atoms with Crippen molar-refractivity contribution in [2.45, 2.75) is 39.7 Å². The highest BCUT2D eigenvalue weighted by Crippen LogP contribution is 2.38. The smallest absolute Gasteiger partial charge is 0.161 e. The largest absolute Gasteiger partial charge is 0.490 e. The molecule has 5 heteroatoms. The van der Waals surface area contributed by atoms with Crippen LogP contribution in [0, 0.1) is 0 Å². The molecule has 0 atom stereocenters. The van der Waals surface area contributed by atoms with Crippen LogP contribution in [-0.2, 0) is 13.0 Å². The number of rotatable bonds is 12. The van der Waals surface area contributed by atoms with Gasteiger partial charge in [0.25, 0.3) is 0 Å². The van der Waals surface area contributed by atoms with E-state index in [-0.39, 0.29) is 0 Å². The molecule has 4 aromatic rings. The number of aryl methyl sites for hydroxylation is 1. The Hall–Kier alpha value is -3.44. The minimum absolute atomic E-state index is 0.544. The molecule has 0 fully saturated rings. The Morgan fingerprint density at radius 3 is 2.35 bits per heavy atom. The van der Waals surface area contributed by atoms with Crippen molar-refractivity contribution in [2.24, 2.45) is 5.73 Å². The first-order valence-electron chi connectivity index (χ1n) is 12.1. The molecule has 0 aliphatic rings. The molecule has 178 valence electrons.